The second-order valence-electron chi connectivity index (χ2n) is 7.01. The molecule has 0 unspecified atom stereocenters. The first-order valence-corrected chi connectivity index (χ1v) is 10.1. The summed E-state index contributed by atoms with van der Waals surface area (Å²) in [6.07, 6.45) is 5.60. The van der Waals surface area contributed by atoms with Crippen LogP contribution in [0.3, 0.4) is 0 Å². The van der Waals surface area contributed by atoms with E-state index in [1.807, 2.05) is 85.2 Å². The number of hydrogen-bond donors (Lipinski definition) is 0. The standard InChI is InChI=1S/C24H22ClN3O2/c1-16(2)30-24-17(7-6-10-21(24)29-3)11-13-23-27-19-8-4-5-9-20(19)28(23)22-14-12-18(25)15-26-22/h4-16H,1-3H3. The number of rotatable bonds is 6. The van der Waals surface area contributed by atoms with Crippen molar-refractivity contribution in [1.82, 2.24) is 14.5 Å². The topological polar surface area (TPSA) is 49.2 Å². The molecule has 30 heavy (non-hydrogen) atoms. The van der Waals surface area contributed by atoms with Crippen LogP contribution >= 0.6 is 11.6 Å². The third-order valence-corrected chi connectivity index (χ3v) is 4.75. The molecule has 2 aromatic carbocycles. The van der Waals surface area contributed by atoms with E-state index < -0.39 is 0 Å². The molecule has 0 saturated heterocycles. The fourth-order valence-corrected chi connectivity index (χ4v) is 3.36. The van der Waals surface area contributed by atoms with Gasteiger partial charge in [0.05, 0.1) is 29.3 Å². The van der Waals surface area contributed by atoms with Gasteiger partial charge in [-0.05, 0) is 56.3 Å². The van der Waals surface area contributed by atoms with Gasteiger partial charge in [0.2, 0.25) is 0 Å². The zero-order chi connectivity index (χ0) is 21.1. The summed E-state index contributed by atoms with van der Waals surface area (Å²) in [5.41, 5.74) is 2.76. The van der Waals surface area contributed by atoms with Crippen molar-refractivity contribution in [2.75, 3.05) is 7.11 Å². The zero-order valence-corrected chi connectivity index (χ0v) is 17.8. The van der Waals surface area contributed by atoms with Crippen molar-refractivity contribution >= 4 is 34.8 Å². The van der Waals surface area contributed by atoms with Crippen molar-refractivity contribution < 1.29 is 9.47 Å². The third-order valence-electron chi connectivity index (χ3n) is 4.52. The molecule has 152 valence electrons. The van der Waals surface area contributed by atoms with Crippen LogP contribution in [0.5, 0.6) is 11.5 Å². The van der Waals surface area contributed by atoms with Crippen molar-refractivity contribution in [3.63, 3.8) is 0 Å². The van der Waals surface area contributed by atoms with Gasteiger partial charge < -0.3 is 9.47 Å². The first-order chi connectivity index (χ1) is 14.6. The molecule has 0 N–H and O–H groups in total. The quantitative estimate of drug-likeness (QED) is 0.382. The normalized spacial score (nSPS) is 11.5. The number of ether oxygens (including phenoxy) is 2. The first-order valence-electron chi connectivity index (χ1n) is 9.68. The number of imidazole rings is 1. The Morgan fingerprint density at radius 2 is 1.83 bits per heavy atom. The Balaban J connectivity index is 1.83. The molecule has 0 aliphatic heterocycles. The largest absolute Gasteiger partial charge is 0.493 e. The molecular weight excluding hydrogens is 398 g/mol. The molecule has 4 rings (SSSR count). The third kappa shape index (κ3) is 4.02. The molecule has 0 spiro atoms. The molecular formula is C24H22ClN3O2. The van der Waals surface area contributed by atoms with Crippen LogP contribution in [0.25, 0.3) is 29.0 Å². The summed E-state index contributed by atoms with van der Waals surface area (Å²) in [7, 11) is 1.64. The van der Waals surface area contributed by atoms with Gasteiger partial charge in [-0.1, -0.05) is 35.9 Å². The maximum absolute atomic E-state index is 6.03. The number of methoxy groups -OCH3 is 1. The van der Waals surface area contributed by atoms with Crippen molar-refractivity contribution in [3.8, 4) is 17.3 Å². The van der Waals surface area contributed by atoms with E-state index in [2.05, 4.69) is 4.98 Å². The van der Waals surface area contributed by atoms with Crippen LogP contribution < -0.4 is 9.47 Å². The van der Waals surface area contributed by atoms with Crippen molar-refractivity contribution in [2.45, 2.75) is 20.0 Å². The van der Waals surface area contributed by atoms with Gasteiger partial charge in [-0.3, -0.25) is 4.57 Å². The highest BCUT2D eigenvalue weighted by atomic mass is 35.5. The SMILES string of the molecule is COc1cccc(C=Cc2nc3ccccc3n2-c2ccc(Cl)cn2)c1OC(C)C. The van der Waals surface area contributed by atoms with Gasteiger partial charge in [0.1, 0.15) is 11.6 Å². The maximum atomic E-state index is 6.03. The molecule has 0 atom stereocenters. The van der Waals surface area contributed by atoms with Gasteiger partial charge in [0.15, 0.2) is 11.5 Å². The lowest BCUT2D eigenvalue weighted by molar-refractivity contribution is 0.229. The smallest absolute Gasteiger partial charge is 0.168 e. The lowest BCUT2D eigenvalue weighted by Crippen LogP contribution is -2.07. The van der Waals surface area contributed by atoms with E-state index in [9.17, 15) is 0 Å². The molecule has 4 aromatic rings. The molecule has 0 saturated carbocycles. The molecule has 2 heterocycles. The number of fused-ring (bicyclic) bond motifs is 1. The van der Waals surface area contributed by atoms with Crippen LogP contribution in [0.2, 0.25) is 5.02 Å². The summed E-state index contributed by atoms with van der Waals surface area (Å²) in [4.78, 5) is 9.27. The van der Waals surface area contributed by atoms with Crippen molar-refractivity contribution in [3.05, 3.63) is 77.2 Å². The molecule has 2 aromatic heterocycles. The molecule has 0 aliphatic carbocycles. The minimum atomic E-state index is 0.0243. The maximum Gasteiger partial charge on any atom is 0.168 e. The lowest BCUT2D eigenvalue weighted by atomic mass is 10.1. The fraction of sp³-hybridized carbons (Fsp3) is 0.167. The highest BCUT2D eigenvalue weighted by molar-refractivity contribution is 6.30. The summed E-state index contributed by atoms with van der Waals surface area (Å²) in [5.74, 6) is 2.90. The van der Waals surface area contributed by atoms with Gasteiger partial charge in [0.25, 0.3) is 0 Å². The van der Waals surface area contributed by atoms with Crippen LogP contribution in [0.4, 0.5) is 0 Å². The van der Waals surface area contributed by atoms with Crippen LogP contribution in [-0.2, 0) is 0 Å². The van der Waals surface area contributed by atoms with E-state index >= 15 is 0 Å². The van der Waals surface area contributed by atoms with Crippen molar-refractivity contribution in [1.29, 1.82) is 0 Å². The predicted octanol–water partition coefficient (Wildman–Crippen LogP) is 6.04. The Morgan fingerprint density at radius 3 is 2.57 bits per heavy atom. The lowest BCUT2D eigenvalue weighted by Gasteiger charge is -2.15. The number of nitrogens with zero attached hydrogens (tertiary/aromatic N) is 3. The molecule has 6 heteroatoms. The number of pyridine rings is 1. The average molecular weight is 420 g/mol. The Morgan fingerprint density at radius 1 is 1.00 bits per heavy atom. The summed E-state index contributed by atoms with van der Waals surface area (Å²) in [5, 5.41) is 0.590. The van der Waals surface area contributed by atoms with Crippen LogP contribution in [0.1, 0.15) is 25.2 Å². The van der Waals surface area contributed by atoms with E-state index in [1.165, 1.54) is 0 Å². The number of halogens is 1. The summed E-state index contributed by atoms with van der Waals surface area (Å²) in [6, 6.07) is 17.5. The highest BCUT2D eigenvalue weighted by Crippen LogP contribution is 2.33. The van der Waals surface area contributed by atoms with E-state index in [1.54, 1.807) is 13.3 Å². The Labute approximate surface area is 180 Å². The molecule has 0 fully saturated rings. The van der Waals surface area contributed by atoms with Gasteiger partial charge in [-0.2, -0.15) is 0 Å². The zero-order valence-electron chi connectivity index (χ0n) is 17.0. The van der Waals surface area contributed by atoms with E-state index in [0.717, 1.165) is 28.2 Å². The molecule has 0 aliphatic rings. The van der Waals surface area contributed by atoms with Crippen molar-refractivity contribution in [2.24, 2.45) is 0 Å². The van der Waals surface area contributed by atoms with Gasteiger partial charge >= 0.3 is 0 Å². The van der Waals surface area contributed by atoms with E-state index in [4.69, 9.17) is 26.1 Å². The molecule has 0 bridgehead atoms. The molecule has 0 radical (unpaired) electrons. The highest BCUT2D eigenvalue weighted by Gasteiger charge is 2.13. The predicted molar refractivity (Wildman–Crippen MR) is 122 cm³/mol. The molecule has 0 amide bonds. The Kier molecular flexibility index (Phi) is 5.72. The molecule has 5 nitrogen and oxygen atoms in total. The summed E-state index contributed by atoms with van der Waals surface area (Å²) >= 11 is 6.03. The minimum Gasteiger partial charge on any atom is -0.493 e. The van der Waals surface area contributed by atoms with Crippen LogP contribution in [0.15, 0.2) is 60.8 Å². The van der Waals surface area contributed by atoms with Crippen LogP contribution in [-0.4, -0.2) is 27.7 Å². The summed E-state index contributed by atoms with van der Waals surface area (Å²) < 4.78 is 13.5. The number of benzene rings is 2. The minimum absolute atomic E-state index is 0.0243. The van der Waals surface area contributed by atoms with Crippen LogP contribution in [0, 0.1) is 0 Å². The van der Waals surface area contributed by atoms with Gasteiger partial charge in [-0.25, -0.2) is 9.97 Å². The van der Waals surface area contributed by atoms with E-state index in [-0.39, 0.29) is 6.10 Å². The van der Waals surface area contributed by atoms with Gasteiger partial charge in [0, 0.05) is 11.8 Å². The monoisotopic (exact) mass is 419 g/mol. The summed E-state index contributed by atoms with van der Waals surface area (Å²) in [6.45, 7) is 3.98. The van der Waals surface area contributed by atoms with Gasteiger partial charge in [-0.15, -0.1) is 0 Å². The number of aromatic nitrogens is 3. The average Bonchev–Trinajstić information content (AvgIpc) is 3.11. The Hall–Kier alpha value is -3.31. The number of hydrogen-bond acceptors (Lipinski definition) is 4. The first kappa shape index (κ1) is 20.0. The Bertz CT molecular complexity index is 1200. The second kappa shape index (κ2) is 8.59. The number of para-hydroxylation sites is 3. The fourth-order valence-electron chi connectivity index (χ4n) is 3.25. The van der Waals surface area contributed by atoms with E-state index in [0.29, 0.717) is 16.5 Å². The second-order valence-corrected chi connectivity index (χ2v) is 7.44.